The Kier molecular flexibility index (Phi) is 5.16. The smallest absolute Gasteiger partial charge is 0.294 e. The molecule has 0 bridgehead atoms. The van der Waals surface area contributed by atoms with Crippen LogP contribution in [-0.4, -0.2) is 4.92 Å². The first-order valence-electron chi connectivity index (χ1n) is 5.83. The number of nitrogens with zero attached hydrogens (tertiary/aromatic N) is 1. The molecular weight excluding hydrogens is 406 g/mol. The van der Waals surface area contributed by atoms with Gasteiger partial charge in [-0.25, -0.2) is 0 Å². The molecule has 0 fully saturated rings. The van der Waals surface area contributed by atoms with Crippen LogP contribution >= 0.6 is 31.9 Å². The van der Waals surface area contributed by atoms with Crippen LogP contribution in [0.1, 0.15) is 5.56 Å². The van der Waals surface area contributed by atoms with E-state index in [1.807, 2.05) is 12.1 Å². The summed E-state index contributed by atoms with van der Waals surface area (Å²) in [7, 11) is 0. The summed E-state index contributed by atoms with van der Waals surface area (Å²) in [6.45, 7) is 0.214. The first-order valence-corrected chi connectivity index (χ1v) is 7.41. The number of benzene rings is 2. The van der Waals surface area contributed by atoms with Crippen molar-refractivity contribution in [3.05, 3.63) is 61.0 Å². The maximum atomic E-state index is 11.0. The van der Waals surface area contributed by atoms with Gasteiger partial charge in [-0.2, -0.15) is 0 Å². The molecule has 2 aromatic rings. The predicted octanol–water partition coefficient (Wildman–Crippen LogP) is 3.98. The van der Waals surface area contributed by atoms with Gasteiger partial charge in [0.15, 0.2) is 0 Å². The second-order valence-electron chi connectivity index (χ2n) is 4.12. The average Bonchev–Trinajstić information content (AvgIpc) is 2.46. The lowest BCUT2D eigenvalue weighted by Crippen LogP contribution is -2.09. The minimum Gasteiger partial charge on any atom is -0.488 e. The number of nitro groups is 1. The van der Waals surface area contributed by atoms with Crippen LogP contribution < -0.4 is 16.0 Å². The number of nitrogens with one attached hydrogen (secondary N) is 1. The van der Waals surface area contributed by atoms with Crippen molar-refractivity contribution in [2.45, 2.75) is 6.61 Å². The summed E-state index contributed by atoms with van der Waals surface area (Å²) in [5, 5.41) is 11.0. The van der Waals surface area contributed by atoms with Crippen molar-refractivity contribution in [2.75, 3.05) is 5.43 Å². The number of nitrogens with two attached hydrogens (primary N) is 1. The van der Waals surface area contributed by atoms with E-state index in [-0.39, 0.29) is 18.0 Å². The van der Waals surface area contributed by atoms with Gasteiger partial charge in [-0.1, -0.05) is 22.0 Å². The summed E-state index contributed by atoms with van der Waals surface area (Å²) in [5.41, 5.74) is 3.14. The highest BCUT2D eigenvalue weighted by Crippen LogP contribution is 2.30. The largest absolute Gasteiger partial charge is 0.488 e. The third-order valence-corrected chi connectivity index (χ3v) is 3.82. The molecule has 0 radical (unpaired) electrons. The van der Waals surface area contributed by atoms with Crippen LogP contribution in [0.15, 0.2) is 45.3 Å². The van der Waals surface area contributed by atoms with Crippen molar-refractivity contribution < 1.29 is 9.66 Å². The van der Waals surface area contributed by atoms with Crippen molar-refractivity contribution in [3.8, 4) is 5.75 Å². The Balaban J connectivity index is 2.16. The molecule has 0 heterocycles. The summed E-state index contributed by atoms with van der Waals surface area (Å²) in [5.74, 6) is 5.90. The first kappa shape index (κ1) is 15.7. The Bertz CT molecular complexity index is 680. The lowest BCUT2D eigenvalue weighted by molar-refractivity contribution is -0.384. The fraction of sp³-hybridized carbons (Fsp3) is 0.0769. The molecular formula is C13H11Br2N3O3. The van der Waals surface area contributed by atoms with Gasteiger partial charge in [-0.05, 0) is 45.8 Å². The van der Waals surface area contributed by atoms with Gasteiger partial charge in [0.05, 0.1) is 9.40 Å². The zero-order chi connectivity index (χ0) is 15.4. The van der Waals surface area contributed by atoms with E-state index in [0.717, 1.165) is 8.95 Å². The molecule has 2 aromatic carbocycles. The monoisotopic (exact) mass is 415 g/mol. The molecule has 21 heavy (non-hydrogen) atoms. The van der Waals surface area contributed by atoms with E-state index in [1.165, 1.54) is 6.07 Å². The first-order chi connectivity index (χ1) is 10.0. The molecule has 0 aliphatic carbocycles. The van der Waals surface area contributed by atoms with Crippen molar-refractivity contribution in [1.82, 2.24) is 0 Å². The molecule has 0 amide bonds. The fourth-order valence-electron chi connectivity index (χ4n) is 1.69. The highest BCUT2D eigenvalue weighted by atomic mass is 79.9. The third kappa shape index (κ3) is 3.93. The summed E-state index contributed by atoms with van der Waals surface area (Å²) >= 11 is 6.75. The molecule has 0 spiro atoms. The molecule has 3 N–H and O–H groups in total. The molecule has 0 saturated heterocycles. The maximum absolute atomic E-state index is 11.0. The number of ether oxygens (including phenoxy) is 1. The summed E-state index contributed by atoms with van der Waals surface area (Å²) in [6.07, 6.45) is 0. The zero-order valence-corrected chi connectivity index (χ0v) is 13.8. The van der Waals surface area contributed by atoms with Gasteiger partial charge in [0.1, 0.15) is 18.0 Å². The standard InChI is InChI=1S/C13H11Br2N3O3/c14-9-2-4-13(10(15)6-9)21-7-8-1-3-11(17-16)12(5-8)18(19)20/h1-6,17H,7,16H2. The van der Waals surface area contributed by atoms with Crippen molar-refractivity contribution in [3.63, 3.8) is 0 Å². The van der Waals surface area contributed by atoms with E-state index in [0.29, 0.717) is 11.3 Å². The van der Waals surface area contributed by atoms with Crippen LogP contribution in [0.2, 0.25) is 0 Å². The fourth-order valence-corrected chi connectivity index (χ4v) is 2.85. The van der Waals surface area contributed by atoms with E-state index in [1.54, 1.807) is 18.2 Å². The Morgan fingerprint density at radius 1 is 1.24 bits per heavy atom. The number of anilines is 1. The maximum Gasteiger partial charge on any atom is 0.294 e. The Labute approximate surface area is 137 Å². The van der Waals surface area contributed by atoms with E-state index in [9.17, 15) is 10.1 Å². The lowest BCUT2D eigenvalue weighted by Gasteiger charge is -2.09. The predicted molar refractivity (Wildman–Crippen MR) is 87.1 cm³/mol. The normalized spacial score (nSPS) is 10.2. The number of nitro benzene ring substituents is 1. The van der Waals surface area contributed by atoms with Gasteiger partial charge < -0.3 is 10.2 Å². The number of hydrogen-bond donors (Lipinski definition) is 2. The number of rotatable bonds is 5. The zero-order valence-electron chi connectivity index (χ0n) is 10.7. The van der Waals surface area contributed by atoms with Gasteiger partial charge >= 0.3 is 0 Å². The van der Waals surface area contributed by atoms with Crippen LogP contribution in [0.5, 0.6) is 5.75 Å². The Hall–Kier alpha value is -1.64. The highest BCUT2D eigenvalue weighted by molar-refractivity contribution is 9.11. The second-order valence-corrected chi connectivity index (χ2v) is 5.89. The molecule has 0 unspecified atom stereocenters. The number of hydrogen-bond acceptors (Lipinski definition) is 5. The molecule has 8 heteroatoms. The number of hydrazine groups is 1. The Morgan fingerprint density at radius 2 is 2.00 bits per heavy atom. The molecule has 0 aromatic heterocycles. The van der Waals surface area contributed by atoms with Crippen LogP contribution in [0.3, 0.4) is 0 Å². The molecule has 110 valence electrons. The van der Waals surface area contributed by atoms with Gasteiger partial charge in [0.25, 0.3) is 5.69 Å². The topological polar surface area (TPSA) is 90.4 Å². The molecule has 0 aliphatic heterocycles. The summed E-state index contributed by atoms with van der Waals surface area (Å²) in [4.78, 5) is 10.5. The summed E-state index contributed by atoms with van der Waals surface area (Å²) in [6, 6.07) is 10.2. The van der Waals surface area contributed by atoms with Crippen LogP contribution in [0, 0.1) is 10.1 Å². The molecule has 0 saturated carbocycles. The van der Waals surface area contributed by atoms with E-state index in [4.69, 9.17) is 10.6 Å². The minimum absolute atomic E-state index is 0.0894. The van der Waals surface area contributed by atoms with Crippen LogP contribution in [-0.2, 0) is 6.61 Å². The van der Waals surface area contributed by atoms with E-state index in [2.05, 4.69) is 37.3 Å². The lowest BCUT2D eigenvalue weighted by atomic mass is 10.2. The van der Waals surface area contributed by atoms with Crippen molar-refractivity contribution in [1.29, 1.82) is 0 Å². The van der Waals surface area contributed by atoms with Gasteiger partial charge in [-0.15, -0.1) is 0 Å². The minimum atomic E-state index is -0.492. The molecule has 6 nitrogen and oxygen atoms in total. The van der Waals surface area contributed by atoms with Crippen LogP contribution in [0.25, 0.3) is 0 Å². The average molecular weight is 417 g/mol. The van der Waals surface area contributed by atoms with Crippen LogP contribution in [0.4, 0.5) is 11.4 Å². The molecule has 0 aliphatic rings. The van der Waals surface area contributed by atoms with E-state index >= 15 is 0 Å². The quantitative estimate of drug-likeness (QED) is 0.437. The third-order valence-electron chi connectivity index (χ3n) is 2.70. The van der Waals surface area contributed by atoms with Gasteiger partial charge in [0.2, 0.25) is 0 Å². The van der Waals surface area contributed by atoms with Crippen molar-refractivity contribution in [2.24, 2.45) is 5.84 Å². The molecule has 0 atom stereocenters. The summed E-state index contributed by atoms with van der Waals surface area (Å²) < 4.78 is 7.37. The van der Waals surface area contributed by atoms with Gasteiger partial charge in [0, 0.05) is 10.5 Å². The number of halogens is 2. The number of nitrogen functional groups attached to an aromatic ring is 1. The highest BCUT2D eigenvalue weighted by Gasteiger charge is 2.14. The van der Waals surface area contributed by atoms with E-state index < -0.39 is 4.92 Å². The van der Waals surface area contributed by atoms with Crippen molar-refractivity contribution >= 4 is 43.2 Å². The Morgan fingerprint density at radius 3 is 2.62 bits per heavy atom. The SMILES string of the molecule is NNc1ccc(COc2ccc(Br)cc2Br)cc1[N+](=O)[O-]. The van der Waals surface area contributed by atoms with Gasteiger partial charge in [-0.3, -0.25) is 16.0 Å². The molecule has 2 rings (SSSR count). The second kappa shape index (κ2) is 6.88.